The van der Waals surface area contributed by atoms with E-state index in [1.54, 1.807) is 14.0 Å². The van der Waals surface area contributed by atoms with Gasteiger partial charge >= 0.3 is 0 Å². The minimum Gasteiger partial charge on any atom is -0.383 e. The average Bonchev–Trinajstić information content (AvgIpc) is 2.41. The summed E-state index contributed by atoms with van der Waals surface area (Å²) in [6.45, 7) is 4.57. The van der Waals surface area contributed by atoms with E-state index in [-0.39, 0.29) is 17.9 Å². The Balaban J connectivity index is 2.22. The molecule has 1 saturated heterocycles. The number of likely N-dealkylation sites (tertiary alicyclic amines) is 1. The van der Waals surface area contributed by atoms with Crippen molar-refractivity contribution < 1.29 is 14.3 Å². The molecular weight excluding hydrogens is 260 g/mol. The summed E-state index contributed by atoms with van der Waals surface area (Å²) in [6, 6.07) is -0.286. The van der Waals surface area contributed by atoms with Gasteiger partial charge in [0, 0.05) is 32.8 Å². The molecule has 116 valence electrons. The van der Waals surface area contributed by atoms with E-state index < -0.39 is 6.04 Å². The summed E-state index contributed by atoms with van der Waals surface area (Å²) >= 11 is 0. The van der Waals surface area contributed by atoms with E-state index in [1.165, 1.54) is 0 Å². The first-order valence-electron chi connectivity index (χ1n) is 7.07. The minimum absolute atomic E-state index is 0.130. The molecule has 7 nitrogen and oxygen atoms in total. The molecule has 7 heteroatoms. The largest absolute Gasteiger partial charge is 0.383 e. The van der Waals surface area contributed by atoms with E-state index in [9.17, 15) is 9.59 Å². The molecule has 0 aromatic carbocycles. The SMILES string of the molecule is COCCNC(=O)C(C)NC(=O)CN1CCC(N)CC1. The highest BCUT2D eigenvalue weighted by Crippen LogP contribution is 2.07. The van der Waals surface area contributed by atoms with Crippen LogP contribution in [0.3, 0.4) is 0 Å². The molecule has 2 amide bonds. The highest BCUT2D eigenvalue weighted by molar-refractivity contribution is 5.87. The zero-order chi connectivity index (χ0) is 15.0. The van der Waals surface area contributed by atoms with Crippen LogP contribution in [-0.2, 0) is 14.3 Å². The van der Waals surface area contributed by atoms with Crippen LogP contribution in [0.4, 0.5) is 0 Å². The summed E-state index contributed by atoms with van der Waals surface area (Å²) in [6.07, 6.45) is 1.83. The third-order valence-electron chi connectivity index (χ3n) is 3.38. The molecule has 0 saturated carbocycles. The summed E-state index contributed by atoms with van der Waals surface area (Å²) < 4.78 is 4.84. The Labute approximate surface area is 120 Å². The van der Waals surface area contributed by atoms with E-state index >= 15 is 0 Å². The van der Waals surface area contributed by atoms with Crippen LogP contribution in [0.25, 0.3) is 0 Å². The number of hydrogen-bond acceptors (Lipinski definition) is 5. The Hall–Kier alpha value is -1.18. The molecule has 20 heavy (non-hydrogen) atoms. The van der Waals surface area contributed by atoms with Crippen LogP contribution >= 0.6 is 0 Å². The lowest BCUT2D eigenvalue weighted by Gasteiger charge is -2.29. The summed E-state index contributed by atoms with van der Waals surface area (Å²) in [5.74, 6) is -0.328. The Morgan fingerprint density at radius 1 is 1.40 bits per heavy atom. The molecule has 0 bridgehead atoms. The fourth-order valence-electron chi connectivity index (χ4n) is 2.10. The normalized spacial score (nSPS) is 18.6. The zero-order valence-electron chi connectivity index (χ0n) is 12.4. The van der Waals surface area contributed by atoms with Gasteiger partial charge in [0.1, 0.15) is 6.04 Å². The lowest BCUT2D eigenvalue weighted by Crippen LogP contribution is -2.50. The average molecular weight is 286 g/mol. The maximum absolute atomic E-state index is 11.8. The molecular formula is C13H26N4O3. The van der Waals surface area contributed by atoms with E-state index in [4.69, 9.17) is 10.5 Å². The quantitative estimate of drug-likeness (QED) is 0.504. The Kier molecular flexibility index (Phi) is 7.50. The number of nitrogens with two attached hydrogens (primary N) is 1. The number of rotatable bonds is 7. The second-order valence-electron chi connectivity index (χ2n) is 5.19. The van der Waals surface area contributed by atoms with Gasteiger partial charge in [-0.25, -0.2) is 0 Å². The van der Waals surface area contributed by atoms with Crippen LogP contribution < -0.4 is 16.4 Å². The molecule has 1 atom stereocenters. The summed E-state index contributed by atoms with van der Waals surface area (Å²) in [7, 11) is 1.57. The molecule has 0 aromatic heterocycles. The Bertz CT molecular complexity index is 317. The van der Waals surface area contributed by atoms with Crippen LogP contribution in [-0.4, -0.2) is 68.7 Å². The lowest BCUT2D eigenvalue weighted by molar-refractivity contribution is -0.129. The minimum atomic E-state index is -0.536. The molecule has 1 heterocycles. The van der Waals surface area contributed by atoms with Gasteiger partial charge in [-0.2, -0.15) is 0 Å². The highest BCUT2D eigenvalue weighted by Gasteiger charge is 2.20. The molecule has 0 aliphatic carbocycles. The number of carbonyl (C=O) groups excluding carboxylic acids is 2. The van der Waals surface area contributed by atoms with Crippen molar-refractivity contribution in [2.75, 3.05) is 39.9 Å². The number of hydrogen-bond donors (Lipinski definition) is 3. The van der Waals surface area contributed by atoms with Gasteiger partial charge in [-0.05, 0) is 19.8 Å². The van der Waals surface area contributed by atoms with Crippen molar-refractivity contribution in [1.82, 2.24) is 15.5 Å². The Morgan fingerprint density at radius 3 is 2.65 bits per heavy atom. The second-order valence-corrected chi connectivity index (χ2v) is 5.19. The van der Waals surface area contributed by atoms with Crippen molar-refractivity contribution in [3.8, 4) is 0 Å². The first-order chi connectivity index (χ1) is 9.52. The maximum Gasteiger partial charge on any atom is 0.242 e. The fraction of sp³-hybridized carbons (Fsp3) is 0.846. The van der Waals surface area contributed by atoms with Gasteiger partial charge in [-0.3, -0.25) is 14.5 Å². The predicted octanol–water partition coefficient (Wildman–Crippen LogP) is -1.32. The number of carbonyl (C=O) groups is 2. The number of amides is 2. The second kappa shape index (κ2) is 8.89. The van der Waals surface area contributed by atoms with Gasteiger partial charge in [0.15, 0.2) is 0 Å². The maximum atomic E-state index is 11.8. The summed E-state index contributed by atoms with van der Waals surface area (Å²) in [4.78, 5) is 25.6. The van der Waals surface area contributed by atoms with E-state index in [0.717, 1.165) is 25.9 Å². The smallest absolute Gasteiger partial charge is 0.242 e. The van der Waals surface area contributed by atoms with E-state index in [0.29, 0.717) is 19.7 Å². The first-order valence-corrected chi connectivity index (χ1v) is 7.07. The van der Waals surface area contributed by atoms with Crippen LogP contribution in [0.2, 0.25) is 0 Å². The molecule has 1 rings (SSSR count). The predicted molar refractivity (Wildman–Crippen MR) is 76.1 cm³/mol. The van der Waals surface area contributed by atoms with Crippen molar-refractivity contribution in [3.63, 3.8) is 0 Å². The van der Waals surface area contributed by atoms with Crippen molar-refractivity contribution in [2.45, 2.75) is 31.8 Å². The topological polar surface area (TPSA) is 96.7 Å². The van der Waals surface area contributed by atoms with Crippen LogP contribution in [0.5, 0.6) is 0 Å². The first kappa shape index (κ1) is 16.9. The van der Waals surface area contributed by atoms with E-state index in [1.807, 2.05) is 0 Å². The number of ether oxygens (including phenoxy) is 1. The van der Waals surface area contributed by atoms with Gasteiger partial charge < -0.3 is 21.1 Å². The molecule has 1 unspecified atom stereocenters. The molecule has 0 spiro atoms. The summed E-state index contributed by atoms with van der Waals surface area (Å²) in [5, 5.41) is 5.39. The highest BCUT2D eigenvalue weighted by atomic mass is 16.5. The Morgan fingerprint density at radius 2 is 2.05 bits per heavy atom. The van der Waals surface area contributed by atoms with Gasteiger partial charge in [0.2, 0.25) is 11.8 Å². The standard InChI is InChI=1S/C13H26N4O3/c1-10(13(19)15-5-8-20-2)16-12(18)9-17-6-3-11(14)4-7-17/h10-11H,3-9,14H2,1-2H3,(H,15,19)(H,16,18). The van der Waals surface area contributed by atoms with Gasteiger partial charge in [-0.15, -0.1) is 0 Å². The van der Waals surface area contributed by atoms with Gasteiger partial charge in [0.25, 0.3) is 0 Å². The van der Waals surface area contributed by atoms with Crippen molar-refractivity contribution >= 4 is 11.8 Å². The number of nitrogens with one attached hydrogen (secondary N) is 2. The third kappa shape index (κ3) is 6.31. The monoisotopic (exact) mass is 286 g/mol. The van der Waals surface area contributed by atoms with Gasteiger partial charge in [0.05, 0.1) is 13.2 Å². The van der Waals surface area contributed by atoms with Crippen LogP contribution in [0, 0.1) is 0 Å². The summed E-state index contributed by atoms with van der Waals surface area (Å²) in [5.41, 5.74) is 5.82. The van der Waals surface area contributed by atoms with Crippen LogP contribution in [0.1, 0.15) is 19.8 Å². The van der Waals surface area contributed by atoms with Crippen molar-refractivity contribution in [3.05, 3.63) is 0 Å². The van der Waals surface area contributed by atoms with Crippen molar-refractivity contribution in [2.24, 2.45) is 5.73 Å². The third-order valence-corrected chi connectivity index (χ3v) is 3.38. The molecule has 4 N–H and O–H groups in total. The number of nitrogens with zero attached hydrogens (tertiary/aromatic N) is 1. The number of piperidine rings is 1. The van der Waals surface area contributed by atoms with Crippen LogP contribution in [0.15, 0.2) is 0 Å². The van der Waals surface area contributed by atoms with Gasteiger partial charge in [-0.1, -0.05) is 0 Å². The fourth-order valence-corrected chi connectivity index (χ4v) is 2.10. The zero-order valence-corrected chi connectivity index (χ0v) is 12.4. The number of methoxy groups -OCH3 is 1. The molecule has 0 radical (unpaired) electrons. The molecule has 1 fully saturated rings. The van der Waals surface area contributed by atoms with Crippen molar-refractivity contribution in [1.29, 1.82) is 0 Å². The molecule has 1 aliphatic rings. The van der Waals surface area contributed by atoms with E-state index in [2.05, 4.69) is 15.5 Å². The lowest BCUT2D eigenvalue weighted by atomic mass is 10.1. The molecule has 1 aliphatic heterocycles. The molecule has 0 aromatic rings.